The van der Waals surface area contributed by atoms with Gasteiger partial charge in [0.25, 0.3) is 5.56 Å². The second-order valence-corrected chi connectivity index (χ2v) is 6.03. The molecule has 0 radical (unpaired) electrons. The molecule has 0 aliphatic carbocycles. The first-order valence-corrected chi connectivity index (χ1v) is 8.37. The van der Waals surface area contributed by atoms with E-state index in [1.165, 1.54) is 23.0 Å². The number of terminal acetylenes is 1. The lowest BCUT2D eigenvalue weighted by Crippen LogP contribution is -2.23. The maximum absolute atomic E-state index is 13.1. The highest BCUT2D eigenvalue weighted by atomic mass is 35.5. The molecule has 3 aromatic rings. The number of nitrogens with zero attached hydrogens (tertiary/aromatic N) is 3. The number of benzene rings is 1. The molecular weight excluding hydrogens is 377 g/mol. The van der Waals surface area contributed by atoms with Gasteiger partial charge in [-0.2, -0.15) is 0 Å². The van der Waals surface area contributed by atoms with E-state index < -0.39 is 5.56 Å². The summed E-state index contributed by atoms with van der Waals surface area (Å²) in [5, 5.41) is 11.2. The van der Waals surface area contributed by atoms with Crippen LogP contribution in [0.15, 0.2) is 29.3 Å². The van der Waals surface area contributed by atoms with Crippen molar-refractivity contribution in [3.05, 3.63) is 44.9 Å². The number of rotatable bonds is 4. The zero-order valence-electron chi connectivity index (χ0n) is 13.7. The largest absolute Gasteiger partial charge is 0.505 e. The zero-order chi connectivity index (χ0) is 18.8. The van der Waals surface area contributed by atoms with E-state index in [0.717, 1.165) is 0 Å². The quantitative estimate of drug-likeness (QED) is 0.690. The first kappa shape index (κ1) is 18.1. The summed E-state index contributed by atoms with van der Waals surface area (Å²) >= 11 is 12.5. The number of halogens is 2. The van der Waals surface area contributed by atoms with Crippen LogP contribution < -0.4 is 10.3 Å². The molecule has 0 saturated heterocycles. The third-order valence-electron chi connectivity index (χ3n) is 3.70. The molecule has 0 saturated carbocycles. The van der Waals surface area contributed by atoms with Crippen LogP contribution in [-0.4, -0.2) is 26.2 Å². The van der Waals surface area contributed by atoms with Crippen LogP contribution >= 0.6 is 23.2 Å². The van der Waals surface area contributed by atoms with E-state index in [9.17, 15) is 9.90 Å². The minimum Gasteiger partial charge on any atom is -0.505 e. The van der Waals surface area contributed by atoms with Gasteiger partial charge >= 0.3 is 0 Å². The first-order valence-electron chi connectivity index (χ1n) is 7.62. The average Bonchev–Trinajstić information content (AvgIpc) is 2.64. The topological polar surface area (TPSA) is 77.2 Å². The van der Waals surface area contributed by atoms with Crippen molar-refractivity contribution in [3.8, 4) is 35.0 Å². The number of aromatic hydroxyl groups is 1. The Morgan fingerprint density at radius 3 is 2.62 bits per heavy atom. The predicted octanol–water partition coefficient (Wildman–Crippen LogP) is 3.50. The van der Waals surface area contributed by atoms with Gasteiger partial charge in [0, 0.05) is 12.4 Å². The molecule has 0 aliphatic heterocycles. The van der Waals surface area contributed by atoms with Crippen molar-refractivity contribution in [2.75, 3.05) is 6.61 Å². The van der Waals surface area contributed by atoms with Crippen molar-refractivity contribution in [1.29, 1.82) is 0 Å². The maximum atomic E-state index is 13.1. The van der Waals surface area contributed by atoms with Gasteiger partial charge in [-0.3, -0.25) is 9.36 Å². The van der Waals surface area contributed by atoms with Crippen LogP contribution in [0.25, 0.3) is 22.3 Å². The van der Waals surface area contributed by atoms with Crippen LogP contribution in [0, 0.1) is 12.3 Å². The fourth-order valence-electron chi connectivity index (χ4n) is 2.66. The van der Waals surface area contributed by atoms with Gasteiger partial charge in [0.1, 0.15) is 11.3 Å². The highest BCUT2D eigenvalue weighted by Crippen LogP contribution is 2.44. The van der Waals surface area contributed by atoms with Crippen molar-refractivity contribution in [2.24, 2.45) is 0 Å². The lowest BCUT2D eigenvalue weighted by molar-refractivity contribution is 0.341. The fourth-order valence-corrected chi connectivity index (χ4v) is 3.12. The Balaban J connectivity index is 2.51. The summed E-state index contributed by atoms with van der Waals surface area (Å²) in [4.78, 5) is 21.3. The minimum absolute atomic E-state index is 0.0521. The summed E-state index contributed by atoms with van der Waals surface area (Å²) < 4.78 is 6.81. The molecular formula is C18H13Cl2N3O3. The second kappa shape index (κ2) is 7.24. The zero-order valence-corrected chi connectivity index (χ0v) is 15.2. The van der Waals surface area contributed by atoms with E-state index in [1.54, 1.807) is 13.0 Å². The summed E-state index contributed by atoms with van der Waals surface area (Å²) in [5.74, 6) is 2.24. The van der Waals surface area contributed by atoms with Gasteiger partial charge in [0.05, 0.1) is 34.3 Å². The third kappa shape index (κ3) is 2.85. The molecule has 1 aromatic carbocycles. The Labute approximate surface area is 159 Å². The van der Waals surface area contributed by atoms with Gasteiger partial charge < -0.3 is 9.84 Å². The van der Waals surface area contributed by atoms with E-state index in [1.807, 2.05) is 0 Å². The van der Waals surface area contributed by atoms with E-state index in [0.29, 0.717) is 6.61 Å². The Bertz CT molecular complexity index is 1100. The van der Waals surface area contributed by atoms with Gasteiger partial charge in [0.2, 0.25) is 0 Å². The second-order valence-electron chi connectivity index (χ2n) is 5.21. The molecule has 3 rings (SSSR count). The number of hydrogen-bond acceptors (Lipinski definition) is 5. The molecule has 132 valence electrons. The van der Waals surface area contributed by atoms with Gasteiger partial charge in [-0.15, -0.1) is 6.42 Å². The molecule has 8 heteroatoms. The molecule has 2 aromatic heterocycles. The van der Waals surface area contributed by atoms with E-state index >= 15 is 0 Å². The SMILES string of the molecule is C#CCn1c(=O)c(-c2c(Cl)ccc(Cl)c2OCC)c(O)c2nccnc21. The molecule has 1 N–H and O–H groups in total. The Morgan fingerprint density at radius 2 is 1.92 bits per heavy atom. The van der Waals surface area contributed by atoms with Crippen LogP contribution in [0.5, 0.6) is 11.5 Å². The molecule has 0 aliphatic rings. The van der Waals surface area contributed by atoms with Gasteiger partial charge in [-0.1, -0.05) is 29.1 Å². The molecule has 26 heavy (non-hydrogen) atoms. The highest BCUT2D eigenvalue weighted by molar-refractivity contribution is 6.37. The number of hydrogen-bond donors (Lipinski definition) is 1. The van der Waals surface area contributed by atoms with E-state index in [4.69, 9.17) is 34.4 Å². The lowest BCUT2D eigenvalue weighted by Gasteiger charge is -2.16. The molecule has 0 bridgehead atoms. The molecule has 0 spiro atoms. The Kier molecular flexibility index (Phi) is 5.03. The van der Waals surface area contributed by atoms with Crippen molar-refractivity contribution in [3.63, 3.8) is 0 Å². The summed E-state index contributed by atoms with van der Waals surface area (Å²) in [6, 6.07) is 3.07. The minimum atomic E-state index is -0.571. The third-order valence-corrected chi connectivity index (χ3v) is 4.31. The van der Waals surface area contributed by atoms with Crippen LogP contribution in [0.1, 0.15) is 6.92 Å². The summed E-state index contributed by atoms with van der Waals surface area (Å²) in [6.45, 7) is 2.01. The molecule has 0 amide bonds. The Morgan fingerprint density at radius 1 is 1.23 bits per heavy atom. The lowest BCUT2D eigenvalue weighted by atomic mass is 10.0. The standard InChI is InChI=1S/C18H13Cl2N3O3/c1-3-9-23-17-14(21-7-8-22-17)15(24)13(18(23)25)12-10(19)5-6-11(20)16(12)26-4-2/h1,5-8,24H,4,9H2,2H3. The van der Waals surface area contributed by atoms with Gasteiger partial charge in [-0.05, 0) is 19.1 Å². The summed E-state index contributed by atoms with van der Waals surface area (Å²) in [7, 11) is 0. The number of fused-ring (bicyclic) bond motifs is 1. The van der Waals surface area contributed by atoms with Crippen LogP contribution in [0.2, 0.25) is 10.0 Å². The average molecular weight is 390 g/mol. The predicted molar refractivity (Wildman–Crippen MR) is 101 cm³/mol. The van der Waals surface area contributed by atoms with E-state index in [2.05, 4.69) is 15.9 Å². The van der Waals surface area contributed by atoms with Crippen molar-refractivity contribution in [1.82, 2.24) is 14.5 Å². The molecule has 6 nitrogen and oxygen atoms in total. The smallest absolute Gasteiger partial charge is 0.265 e. The van der Waals surface area contributed by atoms with Crippen molar-refractivity contribution in [2.45, 2.75) is 13.5 Å². The summed E-state index contributed by atoms with van der Waals surface area (Å²) in [5.41, 5.74) is -0.187. The van der Waals surface area contributed by atoms with Crippen molar-refractivity contribution < 1.29 is 9.84 Å². The normalized spacial score (nSPS) is 10.7. The summed E-state index contributed by atoms with van der Waals surface area (Å²) in [6.07, 6.45) is 8.20. The van der Waals surface area contributed by atoms with Gasteiger partial charge in [-0.25, -0.2) is 9.97 Å². The molecule has 0 fully saturated rings. The maximum Gasteiger partial charge on any atom is 0.265 e. The monoisotopic (exact) mass is 389 g/mol. The number of aromatic nitrogens is 3. The number of ether oxygens (including phenoxy) is 1. The highest BCUT2D eigenvalue weighted by Gasteiger charge is 2.25. The first-order chi connectivity index (χ1) is 12.5. The Hall–Kier alpha value is -2.75. The fraction of sp³-hybridized carbons (Fsp3) is 0.167. The van der Waals surface area contributed by atoms with Gasteiger partial charge in [0.15, 0.2) is 11.4 Å². The van der Waals surface area contributed by atoms with Crippen molar-refractivity contribution >= 4 is 34.4 Å². The molecule has 0 atom stereocenters. The van der Waals surface area contributed by atoms with Crippen LogP contribution in [0.4, 0.5) is 0 Å². The van der Waals surface area contributed by atoms with Crippen LogP contribution in [0.3, 0.4) is 0 Å². The molecule has 2 heterocycles. The van der Waals surface area contributed by atoms with E-state index in [-0.39, 0.29) is 50.4 Å². The molecule has 0 unspecified atom stereocenters. The number of pyridine rings is 1. The van der Waals surface area contributed by atoms with Crippen LogP contribution in [-0.2, 0) is 6.54 Å².